The Morgan fingerprint density at radius 1 is 1.04 bits per heavy atom. The SMILES string of the molecule is COC(=O)c1ncsc1S(=O)(=O)NC(c1ccccc1)c1ccccc1. The average Bonchev–Trinajstić information content (AvgIpc) is 3.18. The van der Waals surface area contributed by atoms with Crippen LogP contribution in [0.1, 0.15) is 27.7 Å². The van der Waals surface area contributed by atoms with Crippen LogP contribution in [-0.4, -0.2) is 26.5 Å². The highest BCUT2D eigenvalue weighted by molar-refractivity contribution is 7.91. The zero-order valence-corrected chi connectivity index (χ0v) is 15.5. The topological polar surface area (TPSA) is 85.4 Å². The van der Waals surface area contributed by atoms with Gasteiger partial charge in [-0.1, -0.05) is 60.7 Å². The predicted molar refractivity (Wildman–Crippen MR) is 98.5 cm³/mol. The summed E-state index contributed by atoms with van der Waals surface area (Å²) in [5, 5.41) is 0. The first-order valence-corrected chi connectivity index (χ1v) is 10.0. The van der Waals surface area contributed by atoms with E-state index < -0.39 is 22.0 Å². The van der Waals surface area contributed by atoms with Crippen molar-refractivity contribution in [2.75, 3.05) is 7.11 Å². The van der Waals surface area contributed by atoms with Crippen molar-refractivity contribution in [2.24, 2.45) is 0 Å². The number of esters is 1. The monoisotopic (exact) mass is 388 g/mol. The Kier molecular flexibility index (Phi) is 5.46. The van der Waals surface area contributed by atoms with E-state index in [1.165, 1.54) is 12.6 Å². The largest absolute Gasteiger partial charge is 0.464 e. The molecule has 3 rings (SSSR count). The molecule has 2 aromatic carbocycles. The molecule has 0 radical (unpaired) electrons. The van der Waals surface area contributed by atoms with Gasteiger partial charge in [0.05, 0.1) is 18.7 Å². The molecule has 134 valence electrons. The van der Waals surface area contributed by atoms with Gasteiger partial charge in [-0.25, -0.2) is 18.2 Å². The van der Waals surface area contributed by atoms with Gasteiger partial charge in [-0.2, -0.15) is 4.72 Å². The highest BCUT2D eigenvalue weighted by atomic mass is 32.2. The quantitative estimate of drug-likeness (QED) is 0.656. The zero-order valence-electron chi connectivity index (χ0n) is 13.8. The minimum Gasteiger partial charge on any atom is -0.464 e. The Morgan fingerprint density at radius 2 is 1.58 bits per heavy atom. The van der Waals surface area contributed by atoms with E-state index in [1.807, 2.05) is 60.7 Å². The van der Waals surface area contributed by atoms with Crippen LogP contribution >= 0.6 is 11.3 Å². The summed E-state index contributed by atoms with van der Waals surface area (Å²) >= 11 is 0.870. The van der Waals surface area contributed by atoms with Crippen molar-refractivity contribution >= 4 is 27.3 Å². The van der Waals surface area contributed by atoms with Gasteiger partial charge in [-0.3, -0.25) is 0 Å². The molecule has 0 aliphatic rings. The number of hydrogen-bond acceptors (Lipinski definition) is 6. The number of rotatable bonds is 6. The third-order valence-electron chi connectivity index (χ3n) is 3.70. The number of carbonyl (C=O) groups excluding carboxylic acids is 1. The van der Waals surface area contributed by atoms with Gasteiger partial charge in [0.1, 0.15) is 0 Å². The second kappa shape index (κ2) is 7.77. The molecule has 0 amide bonds. The summed E-state index contributed by atoms with van der Waals surface area (Å²) in [5.41, 5.74) is 2.66. The Bertz CT molecular complexity index is 947. The Morgan fingerprint density at radius 3 is 2.08 bits per heavy atom. The van der Waals surface area contributed by atoms with Gasteiger partial charge in [-0.15, -0.1) is 11.3 Å². The van der Waals surface area contributed by atoms with Gasteiger partial charge in [0, 0.05) is 0 Å². The van der Waals surface area contributed by atoms with Crippen molar-refractivity contribution in [3.8, 4) is 0 Å². The molecule has 26 heavy (non-hydrogen) atoms. The lowest BCUT2D eigenvalue weighted by molar-refractivity contribution is 0.0590. The first-order valence-electron chi connectivity index (χ1n) is 7.67. The summed E-state index contributed by atoms with van der Waals surface area (Å²) in [5.74, 6) is -0.789. The van der Waals surface area contributed by atoms with E-state index in [-0.39, 0.29) is 9.90 Å². The molecular weight excluding hydrogens is 372 g/mol. The van der Waals surface area contributed by atoms with Gasteiger partial charge in [0.15, 0.2) is 9.90 Å². The Labute approximate surface area is 155 Å². The van der Waals surface area contributed by atoms with Crippen LogP contribution in [-0.2, 0) is 14.8 Å². The van der Waals surface area contributed by atoms with Crippen LogP contribution in [0, 0.1) is 0 Å². The molecule has 0 saturated heterocycles. The van der Waals surface area contributed by atoms with Crippen LogP contribution in [0.5, 0.6) is 0 Å². The normalized spacial score (nSPS) is 11.5. The molecular formula is C18H16N2O4S2. The van der Waals surface area contributed by atoms with Gasteiger partial charge in [0.25, 0.3) is 10.0 Å². The van der Waals surface area contributed by atoms with E-state index in [4.69, 9.17) is 0 Å². The van der Waals surface area contributed by atoms with Crippen LogP contribution in [0.15, 0.2) is 70.4 Å². The lowest BCUT2D eigenvalue weighted by atomic mass is 10.00. The second-order valence-electron chi connectivity index (χ2n) is 5.36. The molecule has 0 aliphatic carbocycles. The maximum absolute atomic E-state index is 12.9. The van der Waals surface area contributed by atoms with E-state index >= 15 is 0 Å². The maximum Gasteiger partial charge on any atom is 0.358 e. The summed E-state index contributed by atoms with van der Waals surface area (Å²) in [6.07, 6.45) is 0. The van der Waals surface area contributed by atoms with Crippen LogP contribution in [0.2, 0.25) is 0 Å². The number of sulfonamides is 1. The molecule has 8 heteroatoms. The fourth-order valence-electron chi connectivity index (χ4n) is 2.49. The fourth-order valence-corrected chi connectivity index (χ4v) is 4.85. The minimum atomic E-state index is -3.99. The van der Waals surface area contributed by atoms with Crippen LogP contribution in [0.3, 0.4) is 0 Å². The van der Waals surface area contributed by atoms with Crippen molar-refractivity contribution in [1.82, 2.24) is 9.71 Å². The number of carbonyl (C=O) groups is 1. The maximum atomic E-state index is 12.9. The number of ether oxygens (including phenoxy) is 1. The van der Waals surface area contributed by atoms with Crippen molar-refractivity contribution in [1.29, 1.82) is 0 Å². The average molecular weight is 388 g/mol. The van der Waals surface area contributed by atoms with Crippen LogP contribution in [0.4, 0.5) is 0 Å². The van der Waals surface area contributed by atoms with Crippen LogP contribution < -0.4 is 4.72 Å². The third-order valence-corrected chi connectivity index (χ3v) is 6.49. The van der Waals surface area contributed by atoms with Gasteiger partial charge in [-0.05, 0) is 11.1 Å². The molecule has 0 saturated carbocycles. The molecule has 0 spiro atoms. The molecule has 0 atom stereocenters. The molecule has 0 aliphatic heterocycles. The van der Waals surface area contributed by atoms with E-state index in [9.17, 15) is 13.2 Å². The van der Waals surface area contributed by atoms with Gasteiger partial charge >= 0.3 is 5.97 Å². The van der Waals surface area contributed by atoms with E-state index in [2.05, 4.69) is 14.4 Å². The number of benzene rings is 2. The van der Waals surface area contributed by atoms with E-state index in [0.717, 1.165) is 22.5 Å². The lowest BCUT2D eigenvalue weighted by Gasteiger charge is -2.19. The first kappa shape index (κ1) is 18.2. The predicted octanol–water partition coefficient (Wildman–Crippen LogP) is 3.00. The summed E-state index contributed by atoms with van der Waals surface area (Å²) in [6, 6.07) is 17.8. The summed E-state index contributed by atoms with van der Waals surface area (Å²) in [7, 11) is -2.81. The summed E-state index contributed by atoms with van der Waals surface area (Å²) < 4.78 is 33.0. The molecule has 1 N–H and O–H groups in total. The molecule has 0 bridgehead atoms. The molecule has 3 aromatic rings. The molecule has 1 aromatic heterocycles. The van der Waals surface area contributed by atoms with Crippen LogP contribution in [0.25, 0.3) is 0 Å². The number of methoxy groups -OCH3 is 1. The Balaban J connectivity index is 2.02. The van der Waals surface area contributed by atoms with Crippen molar-refractivity contribution in [3.05, 3.63) is 83.0 Å². The number of hydrogen-bond donors (Lipinski definition) is 1. The summed E-state index contributed by atoms with van der Waals surface area (Å²) in [6.45, 7) is 0. The number of nitrogens with one attached hydrogen (secondary N) is 1. The second-order valence-corrected chi connectivity index (χ2v) is 8.12. The van der Waals surface area contributed by atoms with Gasteiger partial charge < -0.3 is 4.74 Å². The van der Waals surface area contributed by atoms with E-state index in [1.54, 1.807) is 0 Å². The number of thiazole rings is 1. The number of aromatic nitrogens is 1. The molecule has 6 nitrogen and oxygen atoms in total. The zero-order chi connectivity index (χ0) is 18.6. The molecule has 1 heterocycles. The molecule has 0 unspecified atom stereocenters. The smallest absolute Gasteiger partial charge is 0.358 e. The summed E-state index contributed by atoms with van der Waals surface area (Å²) in [4.78, 5) is 15.6. The van der Waals surface area contributed by atoms with Crippen molar-refractivity contribution < 1.29 is 17.9 Å². The molecule has 0 fully saturated rings. The highest BCUT2D eigenvalue weighted by Gasteiger charge is 2.29. The van der Waals surface area contributed by atoms with Crippen molar-refractivity contribution in [2.45, 2.75) is 10.3 Å². The standard InChI is InChI=1S/C18H16N2O4S2/c1-24-17(21)16-18(25-12-19-16)26(22,23)20-15(13-8-4-2-5-9-13)14-10-6-3-7-11-14/h2-12,15,20H,1H3. The van der Waals surface area contributed by atoms with E-state index in [0.29, 0.717) is 0 Å². The Hall–Kier alpha value is -2.55. The van der Waals surface area contributed by atoms with Gasteiger partial charge in [0.2, 0.25) is 0 Å². The lowest BCUT2D eigenvalue weighted by Crippen LogP contribution is -2.30. The highest BCUT2D eigenvalue weighted by Crippen LogP contribution is 2.27. The fraction of sp³-hybridized carbons (Fsp3) is 0.111. The van der Waals surface area contributed by atoms with Crippen molar-refractivity contribution in [3.63, 3.8) is 0 Å². The third kappa shape index (κ3) is 3.82. The minimum absolute atomic E-state index is 0.166. The first-order chi connectivity index (χ1) is 12.5. The number of nitrogens with zero attached hydrogens (tertiary/aromatic N) is 1.